The number of anilines is 5. The lowest BCUT2D eigenvalue weighted by molar-refractivity contribution is 0.332. The normalized spacial score (nSPS) is 16.0. The molecule has 2 aliphatic heterocycles. The predicted octanol–water partition coefficient (Wildman–Crippen LogP) is 14.8. The minimum atomic E-state index is -0.521. The highest BCUT2D eigenvalue weighted by Crippen LogP contribution is 2.59. The van der Waals surface area contributed by atoms with E-state index in [1.165, 1.54) is 122 Å². The molecule has 0 radical (unpaired) electrons. The SMILES string of the molecule is CC1(C)CCC(C)(C)c2cc(Nc3c(-c4cc5ccccc5c5c4Bc4cccc6c4N5c4ccccc4C6(c4ccccc4)c4ccccc4)ccc4sc5ccccc5c34)ccc21. The van der Waals surface area contributed by atoms with Crippen LogP contribution in [0.25, 0.3) is 42.1 Å². The molecule has 0 amide bonds. The van der Waals surface area contributed by atoms with Gasteiger partial charge in [-0.25, -0.2) is 0 Å². The zero-order valence-corrected chi connectivity index (χ0v) is 38.2. The second-order valence-electron chi connectivity index (χ2n) is 19.9. The maximum atomic E-state index is 4.18. The summed E-state index contributed by atoms with van der Waals surface area (Å²) in [7, 11) is 0.807. The van der Waals surface area contributed by atoms with Crippen LogP contribution in [-0.4, -0.2) is 7.28 Å². The number of para-hydroxylation sites is 2. The molecule has 312 valence electrons. The summed E-state index contributed by atoms with van der Waals surface area (Å²) in [6.07, 6.45) is 2.37. The Morgan fingerprint density at radius 3 is 1.95 bits per heavy atom. The smallest absolute Gasteiger partial charge is 0.198 e. The van der Waals surface area contributed by atoms with Crippen molar-refractivity contribution < 1.29 is 0 Å². The van der Waals surface area contributed by atoms with Crippen LogP contribution < -0.4 is 21.1 Å². The van der Waals surface area contributed by atoms with Gasteiger partial charge in [0.15, 0.2) is 7.28 Å². The summed E-state index contributed by atoms with van der Waals surface area (Å²) in [5.41, 5.74) is 19.1. The van der Waals surface area contributed by atoms with Crippen molar-refractivity contribution in [1.29, 1.82) is 0 Å². The topological polar surface area (TPSA) is 15.3 Å². The molecule has 1 aliphatic carbocycles. The van der Waals surface area contributed by atoms with Crippen LogP contribution in [-0.2, 0) is 16.2 Å². The quantitative estimate of drug-likeness (QED) is 0.174. The Bertz CT molecular complexity index is 3530. The van der Waals surface area contributed by atoms with Gasteiger partial charge in [0, 0.05) is 48.2 Å². The third kappa shape index (κ3) is 5.53. The van der Waals surface area contributed by atoms with E-state index in [1.807, 2.05) is 11.3 Å². The molecule has 0 saturated carbocycles. The Hall–Kier alpha value is -6.88. The van der Waals surface area contributed by atoms with E-state index in [0.29, 0.717) is 0 Å². The van der Waals surface area contributed by atoms with Crippen molar-refractivity contribution in [2.75, 3.05) is 10.2 Å². The second kappa shape index (κ2) is 14.1. The molecule has 4 heteroatoms. The summed E-state index contributed by atoms with van der Waals surface area (Å²) >= 11 is 1.89. The van der Waals surface area contributed by atoms with E-state index in [4.69, 9.17) is 0 Å². The lowest BCUT2D eigenvalue weighted by atomic mass is 9.54. The van der Waals surface area contributed by atoms with E-state index in [0.717, 1.165) is 13.0 Å². The molecule has 0 spiro atoms. The van der Waals surface area contributed by atoms with Gasteiger partial charge in [-0.15, -0.1) is 11.3 Å². The molecule has 65 heavy (non-hydrogen) atoms. The Balaban J connectivity index is 1.10. The molecule has 0 unspecified atom stereocenters. The fourth-order valence-corrected chi connectivity index (χ4v) is 13.3. The first kappa shape index (κ1) is 38.6. The van der Waals surface area contributed by atoms with Crippen molar-refractivity contribution in [3.63, 3.8) is 0 Å². The van der Waals surface area contributed by atoms with Crippen molar-refractivity contribution in [1.82, 2.24) is 0 Å². The van der Waals surface area contributed by atoms with E-state index in [9.17, 15) is 0 Å². The van der Waals surface area contributed by atoms with E-state index < -0.39 is 5.41 Å². The maximum absolute atomic E-state index is 4.18. The Morgan fingerprint density at radius 1 is 0.508 bits per heavy atom. The number of thiophene rings is 1. The molecular weight excluding hydrogens is 804 g/mol. The van der Waals surface area contributed by atoms with Crippen LogP contribution >= 0.6 is 11.3 Å². The van der Waals surface area contributed by atoms with Crippen LogP contribution in [0.5, 0.6) is 0 Å². The second-order valence-corrected chi connectivity index (χ2v) is 21.0. The molecule has 0 bridgehead atoms. The molecule has 3 heterocycles. The van der Waals surface area contributed by atoms with Gasteiger partial charge in [0.2, 0.25) is 0 Å². The minimum Gasteiger partial charge on any atom is -0.354 e. The van der Waals surface area contributed by atoms with E-state index >= 15 is 0 Å². The summed E-state index contributed by atoms with van der Waals surface area (Å²) in [5.74, 6) is 0. The summed E-state index contributed by atoms with van der Waals surface area (Å²) in [6, 6.07) is 71.2. The predicted molar refractivity (Wildman–Crippen MR) is 280 cm³/mol. The van der Waals surface area contributed by atoms with Gasteiger partial charge in [-0.05, 0) is 110 Å². The van der Waals surface area contributed by atoms with Crippen molar-refractivity contribution in [3.8, 4) is 11.1 Å². The molecule has 0 atom stereocenters. The Morgan fingerprint density at radius 2 is 1.17 bits per heavy atom. The molecule has 1 N–H and O–H groups in total. The number of nitrogens with one attached hydrogen (secondary N) is 1. The van der Waals surface area contributed by atoms with Gasteiger partial charge in [-0.2, -0.15) is 0 Å². The number of hydrogen-bond acceptors (Lipinski definition) is 3. The molecule has 3 aliphatic rings. The average molecular weight is 853 g/mol. The Kier molecular flexibility index (Phi) is 8.34. The first-order valence-electron chi connectivity index (χ1n) is 23.3. The average Bonchev–Trinajstić information content (AvgIpc) is 3.73. The molecule has 1 aromatic heterocycles. The number of benzene rings is 9. The third-order valence-electron chi connectivity index (χ3n) is 15.4. The molecular formula is C61H49BN2S. The van der Waals surface area contributed by atoms with Gasteiger partial charge in [-0.1, -0.05) is 185 Å². The van der Waals surface area contributed by atoms with Crippen LogP contribution in [0.1, 0.15) is 73.9 Å². The highest BCUT2D eigenvalue weighted by molar-refractivity contribution is 7.26. The van der Waals surface area contributed by atoms with Crippen molar-refractivity contribution in [2.24, 2.45) is 0 Å². The maximum Gasteiger partial charge on any atom is 0.198 e. The first-order chi connectivity index (χ1) is 31.7. The van der Waals surface area contributed by atoms with Crippen LogP contribution in [0.4, 0.5) is 28.4 Å². The number of rotatable bonds is 5. The van der Waals surface area contributed by atoms with E-state index in [1.54, 1.807) is 0 Å². The van der Waals surface area contributed by atoms with Crippen LogP contribution in [0.15, 0.2) is 188 Å². The molecule has 0 saturated heterocycles. The molecule has 10 aromatic rings. The van der Waals surface area contributed by atoms with Gasteiger partial charge < -0.3 is 10.2 Å². The lowest BCUT2D eigenvalue weighted by Crippen LogP contribution is -2.47. The van der Waals surface area contributed by atoms with Gasteiger partial charge in [0.25, 0.3) is 0 Å². The number of nitrogens with zero attached hydrogens (tertiary/aromatic N) is 1. The molecule has 13 rings (SSSR count). The fraction of sp³-hybridized carbons (Fsp3) is 0.148. The minimum absolute atomic E-state index is 0.0967. The van der Waals surface area contributed by atoms with Gasteiger partial charge >= 0.3 is 0 Å². The standard InChI is InChI=1S/C61H49BN2S/c1-59(2)34-35-60(3,4)49-37-41(30-32-46(49)59)63-56-43(31-33-53-54(56)44-24-13-16-29-52(44)65-53)45-36-38-18-11-12-23-42(38)57-55(45)62-50-27-17-26-48-58(50)64(57)51-28-15-14-25-47(51)61(48,39-19-7-5-8-20-39)40-21-9-6-10-22-40/h5-33,36-37,62-63H,34-35H2,1-4H3. The molecule has 0 fully saturated rings. The highest BCUT2D eigenvalue weighted by atomic mass is 32.1. The Labute approximate surface area is 386 Å². The van der Waals surface area contributed by atoms with E-state index in [-0.39, 0.29) is 10.8 Å². The van der Waals surface area contributed by atoms with Crippen molar-refractivity contribution >= 4 is 88.9 Å². The fourth-order valence-electron chi connectivity index (χ4n) is 12.2. The summed E-state index contributed by atoms with van der Waals surface area (Å²) in [4.78, 5) is 2.65. The summed E-state index contributed by atoms with van der Waals surface area (Å²) in [5, 5.41) is 9.28. The highest BCUT2D eigenvalue weighted by Gasteiger charge is 2.49. The lowest BCUT2D eigenvalue weighted by Gasteiger charge is -2.49. The van der Waals surface area contributed by atoms with Crippen LogP contribution in [0.3, 0.4) is 0 Å². The molecule has 9 aromatic carbocycles. The first-order valence-corrected chi connectivity index (χ1v) is 24.1. The van der Waals surface area contributed by atoms with E-state index in [2.05, 4.69) is 226 Å². The zero-order chi connectivity index (χ0) is 43.7. The zero-order valence-electron chi connectivity index (χ0n) is 37.4. The number of fused-ring (bicyclic) bond motifs is 10. The van der Waals surface area contributed by atoms with Crippen molar-refractivity contribution in [3.05, 3.63) is 221 Å². The summed E-state index contributed by atoms with van der Waals surface area (Å²) in [6.45, 7) is 9.68. The van der Waals surface area contributed by atoms with Crippen LogP contribution in [0.2, 0.25) is 0 Å². The number of hydrogen-bond donors (Lipinski definition) is 1. The van der Waals surface area contributed by atoms with Crippen molar-refractivity contribution in [2.45, 2.75) is 56.8 Å². The molecule has 2 nitrogen and oxygen atoms in total. The van der Waals surface area contributed by atoms with Gasteiger partial charge in [0.05, 0.1) is 16.8 Å². The summed E-state index contributed by atoms with van der Waals surface area (Å²) < 4.78 is 2.60. The third-order valence-corrected chi connectivity index (χ3v) is 16.5. The van der Waals surface area contributed by atoms with Gasteiger partial charge in [0.1, 0.15) is 0 Å². The van der Waals surface area contributed by atoms with Gasteiger partial charge in [-0.3, -0.25) is 0 Å². The monoisotopic (exact) mass is 852 g/mol. The largest absolute Gasteiger partial charge is 0.354 e. The van der Waals surface area contributed by atoms with Crippen LogP contribution in [0, 0.1) is 0 Å².